The third-order valence-corrected chi connectivity index (χ3v) is 2.52. The van der Waals surface area contributed by atoms with Gasteiger partial charge in [-0.25, -0.2) is 8.78 Å². The van der Waals surface area contributed by atoms with Crippen LogP contribution in [0.5, 0.6) is 0 Å². The number of hydrogen-bond donors (Lipinski definition) is 0. The largest absolute Gasteiger partial charge is 0.250 e. The molecule has 0 nitrogen and oxygen atoms in total. The lowest BCUT2D eigenvalue weighted by Crippen LogP contribution is -2.29. The minimum Gasteiger partial charge on any atom is -0.250 e. The Hall–Kier alpha value is 0.210. The summed E-state index contributed by atoms with van der Waals surface area (Å²) < 4.78 is 23.7. The van der Waals surface area contributed by atoms with Gasteiger partial charge in [0.05, 0.1) is 0 Å². The molecule has 0 heterocycles. The fraction of sp³-hybridized carbons (Fsp3) is 1.00. The maximum atomic E-state index is 12.3. The van der Waals surface area contributed by atoms with Crippen molar-refractivity contribution in [3.63, 3.8) is 0 Å². The summed E-state index contributed by atoms with van der Waals surface area (Å²) >= 11 is 1.35. The molecule has 0 rings (SSSR count). The maximum absolute atomic E-state index is 12.3. The van der Waals surface area contributed by atoms with Gasteiger partial charge < -0.3 is 0 Å². The van der Waals surface area contributed by atoms with Crippen molar-refractivity contribution >= 4 is 11.8 Å². The first-order chi connectivity index (χ1) is 4.83. The summed E-state index contributed by atoms with van der Waals surface area (Å²) in [4.78, 5) is 0. The summed E-state index contributed by atoms with van der Waals surface area (Å²) in [5.41, 5.74) is 0. The number of rotatable bonds is 4. The molecule has 0 aliphatic rings. The second-order valence-electron chi connectivity index (χ2n) is 3.89. The molecule has 0 amide bonds. The second kappa shape index (κ2) is 3.74. The Kier molecular flexibility index (Phi) is 3.82. The summed E-state index contributed by atoms with van der Waals surface area (Å²) in [6, 6.07) is 0. The monoisotopic (exact) mass is 182 g/mol. The molecule has 11 heavy (non-hydrogen) atoms. The van der Waals surface area contributed by atoms with Crippen LogP contribution >= 0.6 is 11.8 Å². The van der Waals surface area contributed by atoms with Crippen LogP contribution in [0.25, 0.3) is 0 Å². The first-order valence-corrected chi connectivity index (χ1v) is 4.47. The molecule has 0 atom stereocenters. The van der Waals surface area contributed by atoms with Crippen LogP contribution in [0, 0.1) is 0 Å². The highest BCUT2D eigenvalue weighted by molar-refractivity contribution is 8.01. The van der Waals surface area contributed by atoms with E-state index in [-0.39, 0.29) is 0 Å². The molecule has 3 heteroatoms. The van der Waals surface area contributed by atoms with E-state index in [2.05, 4.69) is 0 Å². The Morgan fingerprint density at radius 1 is 0.909 bits per heavy atom. The third kappa shape index (κ3) is 4.62. The lowest BCUT2D eigenvalue weighted by molar-refractivity contribution is 0.408. The van der Waals surface area contributed by atoms with Crippen molar-refractivity contribution in [2.75, 3.05) is 13.3 Å². The highest BCUT2D eigenvalue weighted by Crippen LogP contribution is 2.36. The topological polar surface area (TPSA) is 0 Å². The van der Waals surface area contributed by atoms with Crippen molar-refractivity contribution in [1.29, 1.82) is 0 Å². The SMILES string of the molecule is CC(C)(CF)SC(C)(C)CF. The molecule has 0 spiro atoms. The van der Waals surface area contributed by atoms with Crippen molar-refractivity contribution in [1.82, 2.24) is 0 Å². The minimum atomic E-state index is -0.463. The summed E-state index contributed by atoms with van der Waals surface area (Å²) in [5, 5.41) is 0. The minimum absolute atomic E-state index is 0.416. The van der Waals surface area contributed by atoms with Gasteiger partial charge in [0.25, 0.3) is 0 Å². The van der Waals surface area contributed by atoms with Crippen LogP contribution in [0.2, 0.25) is 0 Å². The van der Waals surface area contributed by atoms with E-state index in [9.17, 15) is 8.78 Å². The molecule has 0 N–H and O–H groups in total. The zero-order valence-corrected chi connectivity index (χ0v) is 8.39. The molecule has 0 aromatic carbocycles. The molecule has 0 unspecified atom stereocenters. The molecule has 0 fully saturated rings. The molecule has 0 saturated heterocycles. The standard InChI is InChI=1S/C8H16F2S/c1-7(2,5-9)11-8(3,4)6-10/h5-6H2,1-4H3. The van der Waals surface area contributed by atoms with E-state index in [0.29, 0.717) is 0 Å². The maximum Gasteiger partial charge on any atom is 0.104 e. The fourth-order valence-corrected chi connectivity index (χ4v) is 2.41. The zero-order valence-electron chi connectivity index (χ0n) is 7.58. The van der Waals surface area contributed by atoms with E-state index in [1.807, 2.05) is 0 Å². The van der Waals surface area contributed by atoms with Crippen molar-refractivity contribution in [3.8, 4) is 0 Å². The summed E-state index contributed by atoms with van der Waals surface area (Å²) in [6.45, 7) is 6.32. The van der Waals surface area contributed by atoms with Gasteiger partial charge in [0.15, 0.2) is 0 Å². The lowest BCUT2D eigenvalue weighted by atomic mass is 10.2. The van der Waals surface area contributed by atoms with Gasteiger partial charge in [-0.05, 0) is 27.7 Å². The number of halogens is 2. The lowest BCUT2D eigenvalue weighted by Gasteiger charge is -2.30. The third-order valence-electron chi connectivity index (χ3n) is 1.20. The van der Waals surface area contributed by atoms with E-state index in [1.165, 1.54) is 11.8 Å². The van der Waals surface area contributed by atoms with Crippen LogP contribution in [-0.4, -0.2) is 22.8 Å². The van der Waals surface area contributed by atoms with Gasteiger partial charge >= 0.3 is 0 Å². The van der Waals surface area contributed by atoms with Gasteiger partial charge in [-0.1, -0.05) is 0 Å². The van der Waals surface area contributed by atoms with Crippen LogP contribution in [-0.2, 0) is 0 Å². The molecular weight excluding hydrogens is 166 g/mol. The van der Waals surface area contributed by atoms with Gasteiger partial charge in [0.1, 0.15) is 13.3 Å². The van der Waals surface area contributed by atoms with Crippen LogP contribution in [0.4, 0.5) is 8.78 Å². The van der Waals surface area contributed by atoms with E-state index >= 15 is 0 Å². The Labute approximate surface area is 71.7 Å². The Morgan fingerprint density at radius 2 is 1.18 bits per heavy atom. The number of hydrogen-bond acceptors (Lipinski definition) is 1. The molecule has 0 aromatic rings. The summed E-state index contributed by atoms with van der Waals surface area (Å²) in [6.07, 6.45) is 0. The average Bonchev–Trinajstić information content (AvgIpc) is 1.86. The molecule has 0 saturated carbocycles. The van der Waals surface area contributed by atoms with Gasteiger partial charge in [-0.2, -0.15) is 0 Å². The Morgan fingerprint density at radius 3 is 1.36 bits per heavy atom. The normalized spacial score (nSPS) is 13.6. The van der Waals surface area contributed by atoms with E-state index < -0.39 is 22.8 Å². The van der Waals surface area contributed by atoms with Gasteiger partial charge in [0.2, 0.25) is 0 Å². The predicted molar refractivity (Wildman–Crippen MR) is 47.7 cm³/mol. The molecule has 0 radical (unpaired) electrons. The highest BCUT2D eigenvalue weighted by Gasteiger charge is 2.29. The van der Waals surface area contributed by atoms with E-state index in [1.54, 1.807) is 27.7 Å². The smallest absolute Gasteiger partial charge is 0.104 e. The predicted octanol–water partition coefficient (Wildman–Crippen LogP) is 3.22. The molecule has 0 aromatic heterocycles. The van der Waals surface area contributed by atoms with Gasteiger partial charge in [0, 0.05) is 9.49 Å². The van der Waals surface area contributed by atoms with E-state index in [4.69, 9.17) is 0 Å². The molecule has 68 valence electrons. The molecule has 0 aliphatic heterocycles. The van der Waals surface area contributed by atoms with Crippen LogP contribution in [0.15, 0.2) is 0 Å². The Bertz CT molecular complexity index is 107. The number of alkyl halides is 2. The van der Waals surface area contributed by atoms with Gasteiger partial charge in [-0.3, -0.25) is 0 Å². The van der Waals surface area contributed by atoms with E-state index in [0.717, 1.165) is 0 Å². The quantitative estimate of drug-likeness (QED) is 0.643. The van der Waals surface area contributed by atoms with Crippen molar-refractivity contribution < 1.29 is 8.78 Å². The zero-order chi connectivity index (χ0) is 9.12. The van der Waals surface area contributed by atoms with Crippen molar-refractivity contribution in [3.05, 3.63) is 0 Å². The fourth-order valence-electron chi connectivity index (χ4n) is 0.803. The molecule has 0 bridgehead atoms. The molecule has 0 aliphatic carbocycles. The summed E-state index contributed by atoms with van der Waals surface area (Å²) in [7, 11) is 0. The Balaban J connectivity index is 4.02. The summed E-state index contributed by atoms with van der Waals surface area (Å²) in [5.74, 6) is 0. The van der Waals surface area contributed by atoms with Crippen LogP contribution in [0.3, 0.4) is 0 Å². The van der Waals surface area contributed by atoms with Crippen LogP contribution < -0.4 is 0 Å². The first-order valence-electron chi connectivity index (χ1n) is 3.65. The van der Waals surface area contributed by atoms with Crippen LogP contribution in [0.1, 0.15) is 27.7 Å². The molecular formula is C8H16F2S. The van der Waals surface area contributed by atoms with Crippen molar-refractivity contribution in [2.45, 2.75) is 37.2 Å². The second-order valence-corrected chi connectivity index (χ2v) is 6.30. The first kappa shape index (κ1) is 11.2. The van der Waals surface area contributed by atoms with Gasteiger partial charge in [-0.15, -0.1) is 11.8 Å². The van der Waals surface area contributed by atoms with Crippen molar-refractivity contribution in [2.24, 2.45) is 0 Å². The highest BCUT2D eigenvalue weighted by atomic mass is 32.2. The average molecular weight is 182 g/mol. The number of thioether (sulfide) groups is 1.